The van der Waals surface area contributed by atoms with Crippen molar-refractivity contribution in [2.24, 2.45) is 5.92 Å². The van der Waals surface area contributed by atoms with Crippen molar-refractivity contribution < 1.29 is 95.1 Å². The van der Waals surface area contributed by atoms with Gasteiger partial charge < -0.3 is 91.6 Å². The summed E-state index contributed by atoms with van der Waals surface area (Å²) in [5.74, 6) is 1.63. The number of ether oxygens (including phenoxy) is 14. The summed E-state index contributed by atoms with van der Waals surface area (Å²) in [4.78, 5) is 91.4. The summed E-state index contributed by atoms with van der Waals surface area (Å²) < 4.78 is 81.2. The van der Waals surface area contributed by atoms with Crippen LogP contribution in [0, 0.1) is 5.92 Å². The predicted molar refractivity (Wildman–Crippen MR) is 402 cm³/mol. The van der Waals surface area contributed by atoms with Crippen molar-refractivity contribution in [1.29, 1.82) is 0 Å². The molecule has 2 unspecified atom stereocenters. The van der Waals surface area contributed by atoms with Gasteiger partial charge in [0.1, 0.15) is 35.8 Å². The normalized spacial score (nSPS) is 15.6. The molecule has 0 saturated carbocycles. The first-order valence-corrected chi connectivity index (χ1v) is 36.5. The Labute approximate surface area is 628 Å². The number of rotatable bonds is 40. The van der Waals surface area contributed by atoms with Gasteiger partial charge >= 0.3 is 11.9 Å². The highest BCUT2D eigenvalue weighted by molar-refractivity contribution is 5.90. The van der Waals surface area contributed by atoms with Crippen molar-refractivity contribution in [3.8, 4) is 69.0 Å². The van der Waals surface area contributed by atoms with Gasteiger partial charge in [-0.1, -0.05) is 50.2 Å². The third-order valence-corrected chi connectivity index (χ3v) is 19.5. The Morgan fingerprint density at radius 1 is 0.439 bits per heavy atom. The van der Waals surface area contributed by atoms with Crippen molar-refractivity contribution >= 4 is 35.6 Å². The first kappa shape index (κ1) is 82.4. The highest BCUT2D eigenvalue weighted by Gasteiger charge is 2.40. The molecule has 8 rings (SSSR count). The molecule has 25 heteroatoms. The Balaban J connectivity index is 0.906. The van der Waals surface area contributed by atoms with Crippen LogP contribution >= 0.6 is 0 Å². The molecular formula is C82H107N5O20. The van der Waals surface area contributed by atoms with Crippen molar-refractivity contribution in [2.45, 2.75) is 127 Å². The molecule has 2 heterocycles. The molecule has 0 bridgehead atoms. The van der Waals surface area contributed by atoms with Crippen molar-refractivity contribution in [2.75, 3.05) is 131 Å². The van der Waals surface area contributed by atoms with Gasteiger partial charge in [0.25, 0.3) is 11.8 Å². The standard InChI is InChI=1S/C82H107N5O20/c1-15-61(57-43-71(98-9)77(102-13)72(44-57)99-10)79(90)86-37-19-17-27-63(86)81(92)106-65(33-29-52-31-35-67(94-5)69(39-52)96-7)55-23-21-25-59(41-55)104-50-75(88)83-47-54(49-85(3)4)48-84-76(89)51-105-60-26-22-24-56(42-60)66(34-30-53-32-36-68(95-6)70(40-53)97-8)107-82(93)64-28-18-20-38-87(64)80(91)62(16-2)58-45-73(100-11)78(103-14)74(46-58)101-12/h21-26,31-32,35-36,39-46,54,61-66H,15-20,27-30,33-34,37-38,47-51H2,1-14H3,(H,83,88)(H,84,89)/t54?,61?,62?,63-,64-,65+,66+/m0/s1. The Morgan fingerprint density at radius 2 is 0.813 bits per heavy atom. The highest BCUT2D eigenvalue weighted by atomic mass is 16.6. The number of nitrogens with one attached hydrogen (secondary N) is 2. The summed E-state index contributed by atoms with van der Waals surface area (Å²) in [5.41, 5.74) is 4.38. The van der Waals surface area contributed by atoms with Crippen LogP contribution in [-0.2, 0) is 51.1 Å². The van der Waals surface area contributed by atoms with Crippen molar-refractivity contribution in [1.82, 2.24) is 25.3 Å². The molecule has 0 spiro atoms. The number of benzene rings is 6. The monoisotopic (exact) mass is 1480 g/mol. The number of carbonyl (C=O) groups is 6. The van der Waals surface area contributed by atoms with E-state index in [-0.39, 0.29) is 44.0 Å². The van der Waals surface area contributed by atoms with Crippen molar-refractivity contribution in [3.63, 3.8) is 0 Å². The van der Waals surface area contributed by atoms with E-state index in [1.807, 2.05) is 81.4 Å². The number of esters is 2. The molecule has 580 valence electrons. The molecule has 2 saturated heterocycles. The van der Waals surface area contributed by atoms with Crippen LogP contribution in [0.1, 0.15) is 135 Å². The molecule has 2 aliphatic heterocycles. The second-order valence-electron chi connectivity index (χ2n) is 26.7. The quantitative estimate of drug-likeness (QED) is 0.0339. The Kier molecular flexibility index (Phi) is 31.5. The lowest BCUT2D eigenvalue weighted by molar-refractivity contribution is -0.162. The van der Waals surface area contributed by atoms with Gasteiger partial charge in [0.2, 0.25) is 23.3 Å². The number of aryl methyl sites for hydroxylation is 2. The molecule has 4 amide bonds. The molecule has 107 heavy (non-hydrogen) atoms. The number of hydrogen-bond donors (Lipinski definition) is 2. The van der Waals surface area contributed by atoms with E-state index in [1.165, 1.54) is 42.7 Å². The fourth-order valence-electron chi connectivity index (χ4n) is 13.9. The van der Waals surface area contributed by atoms with Gasteiger partial charge in [-0.25, -0.2) is 9.59 Å². The molecule has 2 N–H and O–H groups in total. The predicted octanol–water partition coefficient (Wildman–Crippen LogP) is 11.2. The lowest BCUT2D eigenvalue weighted by Gasteiger charge is -2.37. The Morgan fingerprint density at radius 3 is 1.15 bits per heavy atom. The minimum atomic E-state index is -0.860. The number of methoxy groups -OCH3 is 10. The molecule has 0 aromatic heterocycles. The largest absolute Gasteiger partial charge is 0.493 e. The van der Waals surface area contributed by atoms with E-state index in [4.69, 9.17) is 66.3 Å². The number of likely N-dealkylation sites (tertiary alicyclic amines) is 2. The second-order valence-corrected chi connectivity index (χ2v) is 26.7. The zero-order chi connectivity index (χ0) is 77.1. The summed E-state index contributed by atoms with van der Waals surface area (Å²) in [6, 6.07) is 30.8. The summed E-state index contributed by atoms with van der Waals surface area (Å²) in [6.07, 6.45) is 4.57. The van der Waals surface area contributed by atoms with E-state index < -0.39 is 59.9 Å². The summed E-state index contributed by atoms with van der Waals surface area (Å²) in [6.45, 7) is 4.79. The maximum atomic E-state index is 14.7. The van der Waals surface area contributed by atoms with Crippen LogP contribution in [0.5, 0.6) is 69.0 Å². The molecule has 0 radical (unpaired) electrons. The van der Waals surface area contributed by atoms with E-state index in [2.05, 4.69) is 10.6 Å². The molecule has 6 aromatic rings. The average Bonchev–Trinajstić information content (AvgIpc) is 0.795. The average molecular weight is 1480 g/mol. The minimum Gasteiger partial charge on any atom is -0.493 e. The smallest absolute Gasteiger partial charge is 0.329 e. The van der Waals surface area contributed by atoms with Crippen molar-refractivity contribution in [3.05, 3.63) is 143 Å². The fourth-order valence-corrected chi connectivity index (χ4v) is 13.9. The number of amides is 4. The zero-order valence-corrected chi connectivity index (χ0v) is 64.4. The lowest BCUT2D eigenvalue weighted by atomic mass is 9.91. The molecule has 2 fully saturated rings. The van der Waals surface area contributed by atoms with Crippen LogP contribution in [-0.4, -0.2) is 193 Å². The molecule has 25 nitrogen and oxygen atoms in total. The molecule has 2 aliphatic rings. The van der Waals surface area contributed by atoms with Crippen LogP contribution in [0.25, 0.3) is 0 Å². The zero-order valence-electron chi connectivity index (χ0n) is 64.4. The van der Waals surface area contributed by atoms with Gasteiger partial charge in [-0.3, -0.25) is 19.2 Å². The topological polar surface area (TPSA) is 265 Å². The van der Waals surface area contributed by atoms with Gasteiger partial charge in [0.05, 0.1) is 82.9 Å². The van der Waals surface area contributed by atoms with E-state index in [9.17, 15) is 28.8 Å². The Hall–Kier alpha value is -10.3. The van der Waals surface area contributed by atoms with Gasteiger partial charge in [0, 0.05) is 38.6 Å². The Bertz CT molecular complexity index is 3650. The SMILES string of the molecule is CCC(C(=O)N1CCCC[C@H]1C(=O)O[C@H](CCc1ccc(OC)c(OC)c1)c1cccc(OCC(=O)NCC(CNC(=O)COc2cccc([C@@H](CCc3ccc(OC)c(OC)c3)OC(=O)[C@@H]3CCCCN3C(=O)C(CC)c3cc(OC)c(OC)c(OC)c3)c2)CN(C)C)c1)c1cc(OC)c(OC)c(OC)c1. The van der Waals surface area contributed by atoms with Crippen LogP contribution in [0.2, 0.25) is 0 Å². The minimum absolute atomic E-state index is 0.197. The van der Waals surface area contributed by atoms with Crippen LogP contribution in [0.15, 0.2) is 109 Å². The van der Waals surface area contributed by atoms with E-state index in [0.717, 1.165) is 24.0 Å². The number of nitrogens with zero attached hydrogens (tertiary/aromatic N) is 3. The first-order chi connectivity index (χ1) is 51.8. The van der Waals surface area contributed by atoms with E-state index >= 15 is 0 Å². The summed E-state index contributed by atoms with van der Waals surface area (Å²) in [5, 5.41) is 5.94. The number of piperidine rings is 2. The lowest BCUT2D eigenvalue weighted by Crippen LogP contribution is -2.50. The summed E-state index contributed by atoms with van der Waals surface area (Å²) in [7, 11) is 19.2. The molecule has 0 aliphatic carbocycles. The summed E-state index contributed by atoms with van der Waals surface area (Å²) >= 11 is 0. The third kappa shape index (κ3) is 21.9. The van der Waals surface area contributed by atoms with Gasteiger partial charge in [0.15, 0.2) is 59.2 Å². The molecular weight excluding hydrogens is 1370 g/mol. The maximum Gasteiger partial charge on any atom is 0.329 e. The number of hydrogen-bond acceptors (Lipinski definition) is 21. The fraction of sp³-hybridized carbons (Fsp3) is 0.488. The first-order valence-electron chi connectivity index (χ1n) is 36.5. The van der Waals surface area contributed by atoms with Crippen LogP contribution in [0.3, 0.4) is 0 Å². The van der Waals surface area contributed by atoms with Gasteiger partial charge in [-0.2, -0.15) is 0 Å². The van der Waals surface area contributed by atoms with E-state index in [0.29, 0.717) is 175 Å². The third-order valence-electron chi connectivity index (χ3n) is 19.5. The van der Waals surface area contributed by atoms with Gasteiger partial charge in [-0.05, 0) is 197 Å². The maximum absolute atomic E-state index is 14.7. The second kappa shape index (κ2) is 41.0. The van der Waals surface area contributed by atoms with Crippen LogP contribution in [0.4, 0.5) is 0 Å². The highest BCUT2D eigenvalue weighted by Crippen LogP contribution is 2.44. The van der Waals surface area contributed by atoms with Gasteiger partial charge in [-0.15, -0.1) is 0 Å². The number of carbonyl (C=O) groups excluding carboxylic acids is 6. The van der Waals surface area contributed by atoms with Crippen LogP contribution < -0.4 is 67.5 Å². The molecule has 6 atom stereocenters. The molecule has 6 aromatic carbocycles. The van der Waals surface area contributed by atoms with E-state index in [1.54, 1.807) is 98.9 Å².